The Balaban J connectivity index is 3.14. The number of hydrogen-bond donors (Lipinski definition) is 0. The van der Waals surface area contributed by atoms with Crippen LogP contribution in [0.2, 0.25) is 0 Å². The summed E-state index contributed by atoms with van der Waals surface area (Å²) in [7, 11) is 0. The quantitative estimate of drug-likeness (QED) is 0.526. The molecule has 0 saturated carbocycles. The number of alkyl halides is 3. The van der Waals surface area contributed by atoms with Gasteiger partial charge in [-0.25, -0.2) is 9.50 Å². The van der Waals surface area contributed by atoms with Crippen LogP contribution in [-0.4, -0.2) is 17.6 Å². The topological polar surface area (TPSA) is 19.9 Å². The van der Waals surface area contributed by atoms with Gasteiger partial charge < -0.3 is 0 Å². The lowest BCUT2D eigenvalue weighted by Gasteiger charge is -1.99. The molecular formula is C3H4Cl2FO. The van der Waals surface area contributed by atoms with Gasteiger partial charge in [-0.05, 0) is 0 Å². The summed E-state index contributed by atoms with van der Waals surface area (Å²) in [5.74, 6) is 0. The molecule has 1 unspecified atom stereocenters. The van der Waals surface area contributed by atoms with Gasteiger partial charge >= 0.3 is 0 Å². The van der Waals surface area contributed by atoms with E-state index < -0.39 is 17.6 Å². The van der Waals surface area contributed by atoms with Crippen LogP contribution >= 0.6 is 23.2 Å². The molecule has 0 aromatic carbocycles. The van der Waals surface area contributed by atoms with Gasteiger partial charge in [0.25, 0.3) is 0 Å². The van der Waals surface area contributed by atoms with Crippen molar-refractivity contribution in [2.75, 3.05) is 6.61 Å². The van der Waals surface area contributed by atoms with Crippen LogP contribution in [0.15, 0.2) is 0 Å². The second-order valence-electron chi connectivity index (χ2n) is 1.02. The molecule has 0 amide bonds. The van der Waals surface area contributed by atoms with E-state index in [1.165, 1.54) is 0 Å². The van der Waals surface area contributed by atoms with E-state index in [0.717, 1.165) is 0 Å². The fourth-order valence-electron chi connectivity index (χ4n) is 0.0727. The fraction of sp³-hybridized carbons (Fsp3) is 1.00. The Bertz CT molecular complexity index is 50.2. The summed E-state index contributed by atoms with van der Waals surface area (Å²) < 4.78 is 11.7. The monoisotopic (exact) mass is 145 g/mol. The van der Waals surface area contributed by atoms with Crippen molar-refractivity contribution < 1.29 is 9.50 Å². The zero-order valence-electron chi connectivity index (χ0n) is 3.40. The normalized spacial score (nSPS) is 15.0. The molecule has 1 atom stereocenters. The van der Waals surface area contributed by atoms with Crippen molar-refractivity contribution in [2.24, 2.45) is 0 Å². The highest BCUT2D eigenvalue weighted by Crippen LogP contribution is 2.09. The van der Waals surface area contributed by atoms with Gasteiger partial charge in [-0.15, -0.1) is 23.2 Å². The van der Waals surface area contributed by atoms with Gasteiger partial charge in [-0.3, -0.25) is 0 Å². The Morgan fingerprint density at radius 3 is 2.00 bits per heavy atom. The Hall–Kier alpha value is 0.470. The summed E-state index contributed by atoms with van der Waals surface area (Å²) in [5.41, 5.74) is 0. The van der Waals surface area contributed by atoms with Gasteiger partial charge in [0.2, 0.25) is 0 Å². The van der Waals surface area contributed by atoms with E-state index in [-0.39, 0.29) is 0 Å². The van der Waals surface area contributed by atoms with Crippen molar-refractivity contribution >= 4 is 23.2 Å². The van der Waals surface area contributed by atoms with E-state index in [4.69, 9.17) is 23.2 Å². The summed E-state index contributed by atoms with van der Waals surface area (Å²) in [6, 6.07) is 0. The molecule has 4 heteroatoms. The van der Waals surface area contributed by atoms with Crippen molar-refractivity contribution in [2.45, 2.75) is 11.0 Å². The predicted molar refractivity (Wildman–Crippen MR) is 25.9 cm³/mol. The average Bonchev–Trinajstić information content (AvgIpc) is 1.65. The molecule has 1 nitrogen and oxygen atoms in total. The molecule has 43 valence electrons. The molecule has 0 bridgehead atoms. The lowest BCUT2D eigenvalue weighted by molar-refractivity contribution is 0.121. The Morgan fingerprint density at radius 1 is 1.57 bits per heavy atom. The van der Waals surface area contributed by atoms with Crippen molar-refractivity contribution in [3.8, 4) is 0 Å². The van der Waals surface area contributed by atoms with E-state index in [2.05, 4.69) is 0 Å². The Labute approximate surface area is 51.0 Å². The lowest BCUT2D eigenvalue weighted by Crippen LogP contribution is -2.12. The summed E-state index contributed by atoms with van der Waals surface area (Å²) in [4.78, 5) is -1.17. The van der Waals surface area contributed by atoms with Gasteiger partial charge in [0.1, 0.15) is 11.4 Å². The minimum absolute atomic E-state index is 0.863. The largest absolute Gasteiger partial charge is 0.242 e. The van der Waals surface area contributed by atoms with Gasteiger partial charge in [0.05, 0.1) is 0 Å². The van der Waals surface area contributed by atoms with Crippen LogP contribution < -0.4 is 0 Å². The van der Waals surface area contributed by atoms with Gasteiger partial charge in [-0.1, -0.05) is 0 Å². The standard InChI is InChI=1S/C3H4Cl2FO/c4-3(5)2(6)1-7/h2-3H,1H2. The molecule has 0 N–H and O–H groups in total. The first-order valence-corrected chi connectivity index (χ1v) is 2.56. The lowest BCUT2D eigenvalue weighted by atomic mass is 10.5. The fourth-order valence-corrected chi connectivity index (χ4v) is 0.218. The van der Waals surface area contributed by atoms with E-state index in [0.29, 0.717) is 0 Å². The van der Waals surface area contributed by atoms with E-state index in [9.17, 15) is 9.50 Å². The number of rotatable bonds is 2. The first-order valence-electron chi connectivity index (χ1n) is 1.68. The summed E-state index contributed by atoms with van der Waals surface area (Å²) in [5, 5.41) is 9.53. The highest BCUT2D eigenvalue weighted by molar-refractivity contribution is 6.44. The third-order valence-corrected chi connectivity index (χ3v) is 0.979. The maximum Gasteiger partial charge on any atom is 0.156 e. The van der Waals surface area contributed by atoms with Crippen molar-refractivity contribution in [3.63, 3.8) is 0 Å². The summed E-state index contributed by atoms with van der Waals surface area (Å²) >= 11 is 9.84. The second kappa shape index (κ2) is 3.47. The van der Waals surface area contributed by atoms with Crippen LogP contribution in [0.4, 0.5) is 4.39 Å². The number of hydrogen-bond acceptors (Lipinski definition) is 0. The van der Waals surface area contributed by atoms with Gasteiger partial charge in [0.15, 0.2) is 6.17 Å². The molecule has 0 aromatic heterocycles. The summed E-state index contributed by atoms with van der Waals surface area (Å²) in [6.45, 7) is -0.863. The predicted octanol–water partition coefficient (Wildman–Crippen LogP) is 1.56. The smallest absolute Gasteiger partial charge is 0.156 e. The molecule has 0 saturated heterocycles. The number of halogens is 3. The first-order chi connectivity index (χ1) is 3.18. The van der Waals surface area contributed by atoms with E-state index in [1.54, 1.807) is 0 Å². The van der Waals surface area contributed by atoms with Gasteiger partial charge in [0, 0.05) is 0 Å². The SMILES string of the molecule is [O]CC(F)C(Cl)Cl. The van der Waals surface area contributed by atoms with Crippen LogP contribution in [0.1, 0.15) is 0 Å². The third kappa shape index (κ3) is 3.09. The van der Waals surface area contributed by atoms with Crippen LogP contribution in [0.3, 0.4) is 0 Å². The van der Waals surface area contributed by atoms with Gasteiger partial charge in [-0.2, -0.15) is 0 Å². The molecule has 0 fully saturated rings. The highest BCUT2D eigenvalue weighted by atomic mass is 35.5. The molecule has 1 radical (unpaired) electrons. The summed E-state index contributed by atoms with van der Waals surface area (Å²) in [6.07, 6.45) is -1.62. The average molecular weight is 146 g/mol. The Kier molecular flexibility index (Phi) is 3.70. The minimum Gasteiger partial charge on any atom is -0.242 e. The van der Waals surface area contributed by atoms with E-state index >= 15 is 0 Å². The maximum absolute atomic E-state index is 11.7. The molecule has 0 aliphatic heterocycles. The molecule has 0 rings (SSSR count). The molecule has 7 heavy (non-hydrogen) atoms. The minimum atomic E-state index is -1.62. The molecular weight excluding hydrogens is 142 g/mol. The van der Waals surface area contributed by atoms with Crippen molar-refractivity contribution in [1.82, 2.24) is 0 Å². The molecule has 0 aliphatic rings. The Morgan fingerprint density at radius 2 is 2.00 bits per heavy atom. The van der Waals surface area contributed by atoms with E-state index in [1.807, 2.05) is 0 Å². The molecule has 0 aliphatic carbocycles. The van der Waals surface area contributed by atoms with Crippen molar-refractivity contribution in [1.29, 1.82) is 0 Å². The zero-order valence-corrected chi connectivity index (χ0v) is 4.92. The van der Waals surface area contributed by atoms with Crippen LogP contribution in [0, 0.1) is 0 Å². The molecule has 0 heterocycles. The maximum atomic E-state index is 11.7. The van der Waals surface area contributed by atoms with Crippen LogP contribution in [0.5, 0.6) is 0 Å². The van der Waals surface area contributed by atoms with Crippen LogP contribution in [-0.2, 0) is 5.11 Å². The first kappa shape index (κ1) is 7.47. The molecule has 0 aromatic rings. The second-order valence-corrected chi connectivity index (χ2v) is 2.18. The van der Waals surface area contributed by atoms with Crippen LogP contribution in [0.25, 0.3) is 0 Å². The zero-order chi connectivity index (χ0) is 5.86. The third-order valence-electron chi connectivity index (χ3n) is 0.433. The highest BCUT2D eigenvalue weighted by Gasteiger charge is 2.13. The van der Waals surface area contributed by atoms with Crippen molar-refractivity contribution in [3.05, 3.63) is 0 Å². The molecule has 0 spiro atoms.